The number of hydrogen-bond acceptors (Lipinski definition) is 5. The van der Waals surface area contributed by atoms with Crippen LogP contribution >= 0.6 is 0 Å². The lowest BCUT2D eigenvalue weighted by atomic mass is 9.95. The summed E-state index contributed by atoms with van der Waals surface area (Å²) in [6.07, 6.45) is 3.90. The maximum absolute atomic E-state index is 5.25. The predicted molar refractivity (Wildman–Crippen MR) is 107 cm³/mol. The highest BCUT2D eigenvalue weighted by molar-refractivity contribution is 5.62. The van der Waals surface area contributed by atoms with E-state index in [0.717, 1.165) is 28.5 Å². The standard InChI is InChI=1S/C21H27N5O/c1-21(2,3)20-24-18(14-27-5)10-19(25-20)22-11-15-7-6-8-16(9-15)17-12-23-26(4)13-17/h6-10,12-13H,11,14H2,1-5H3,(H,22,24,25). The molecular weight excluding hydrogens is 338 g/mol. The highest BCUT2D eigenvalue weighted by Gasteiger charge is 2.19. The molecule has 0 atom stereocenters. The van der Waals surface area contributed by atoms with Crippen LogP contribution in [0.25, 0.3) is 11.1 Å². The number of rotatable bonds is 6. The minimum Gasteiger partial charge on any atom is -0.378 e. The molecule has 0 radical (unpaired) electrons. The summed E-state index contributed by atoms with van der Waals surface area (Å²) < 4.78 is 7.07. The Morgan fingerprint density at radius 2 is 1.93 bits per heavy atom. The summed E-state index contributed by atoms with van der Waals surface area (Å²) in [5.74, 6) is 1.62. The van der Waals surface area contributed by atoms with E-state index in [9.17, 15) is 0 Å². The van der Waals surface area contributed by atoms with Gasteiger partial charge in [-0.15, -0.1) is 0 Å². The van der Waals surface area contributed by atoms with E-state index in [-0.39, 0.29) is 5.41 Å². The van der Waals surface area contributed by atoms with Gasteiger partial charge in [0.15, 0.2) is 0 Å². The Morgan fingerprint density at radius 1 is 1.11 bits per heavy atom. The van der Waals surface area contributed by atoms with Gasteiger partial charge in [-0.3, -0.25) is 4.68 Å². The molecule has 0 aliphatic rings. The van der Waals surface area contributed by atoms with Crippen LogP contribution in [0.4, 0.5) is 5.82 Å². The first-order chi connectivity index (χ1) is 12.8. The van der Waals surface area contributed by atoms with Gasteiger partial charge in [-0.1, -0.05) is 39.0 Å². The Hall–Kier alpha value is -2.73. The minimum atomic E-state index is -0.125. The molecule has 0 saturated heterocycles. The molecule has 3 aromatic rings. The van der Waals surface area contributed by atoms with Crippen molar-refractivity contribution in [2.45, 2.75) is 39.3 Å². The van der Waals surface area contributed by atoms with E-state index in [1.54, 1.807) is 7.11 Å². The monoisotopic (exact) mass is 365 g/mol. The van der Waals surface area contributed by atoms with Gasteiger partial charge < -0.3 is 10.1 Å². The molecule has 3 rings (SSSR count). The van der Waals surface area contributed by atoms with Crippen LogP contribution in [0.3, 0.4) is 0 Å². The van der Waals surface area contributed by atoms with Crippen LogP contribution in [0.2, 0.25) is 0 Å². The third-order valence-electron chi connectivity index (χ3n) is 4.18. The highest BCUT2D eigenvalue weighted by atomic mass is 16.5. The maximum atomic E-state index is 5.25. The van der Waals surface area contributed by atoms with Crippen LogP contribution in [0.15, 0.2) is 42.7 Å². The number of hydrogen-bond donors (Lipinski definition) is 1. The summed E-state index contributed by atoms with van der Waals surface area (Å²) in [5, 5.41) is 7.68. The molecule has 0 saturated carbocycles. The van der Waals surface area contributed by atoms with Gasteiger partial charge in [0.1, 0.15) is 11.6 Å². The van der Waals surface area contributed by atoms with Crippen LogP contribution in [0, 0.1) is 0 Å². The molecule has 2 heterocycles. The molecule has 0 spiro atoms. The maximum Gasteiger partial charge on any atom is 0.136 e. The Labute approximate surface area is 160 Å². The molecule has 0 bridgehead atoms. The van der Waals surface area contributed by atoms with Crippen molar-refractivity contribution in [3.05, 3.63) is 59.8 Å². The van der Waals surface area contributed by atoms with Crippen LogP contribution in [-0.2, 0) is 30.4 Å². The molecule has 2 aromatic heterocycles. The fraction of sp³-hybridized carbons (Fsp3) is 0.381. The number of nitrogens with one attached hydrogen (secondary N) is 1. The van der Waals surface area contributed by atoms with Crippen molar-refractivity contribution in [3.8, 4) is 11.1 Å². The zero-order valence-corrected chi connectivity index (χ0v) is 16.7. The van der Waals surface area contributed by atoms with Crippen molar-refractivity contribution >= 4 is 5.82 Å². The molecule has 0 aliphatic heterocycles. The van der Waals surface area contributed by atoms with Crippen molar-refractivity contribution in [3.63, 3.8) is 0 Å². The molecule has 142 valence electrons. The SMILES string of the molecule is COCc1cc(NCc2cccc(-c3cnn(C)c3)c2)nc(C(C)(C)C)n1. The van der Waals surface area contributed by atoms with Gasteiger partial charge >= 0.3 is 0 Å². The Morgan fingerprint density at radius 3 is 2.59 bits per heavy atom. The minimum absolute atomic E-state index is 0.125. The van der Waals surface area contributed by atoms with Crippen LogP contribution in [0.1, 0.15) is 37.9 Å². The highest BCUT2D eigenvalue weighted by Crippen LogP contribution is 2.22. The molecule has 27 heavy (non-hydrogen) atoms. The first-order valence-electron chi connectivity index (χ1n) is 9.04. The topological polar surface area (TPSA) is 64.9 Å². The van der Waals surface area contributed by atoms with Crippen LogP contribution in [0.5, 0.6) is 0 Å². The summed E-state index contributed by atoms with van der Waals surface area (Å²) in [6, 6.07) is 10.4. The molecule has 0 unspecified atom stereocenters. The Kier molecular flexibility index (Phi) is 5.56. The summed E-state index contributed by atoms with van der Waals surface area (Å²) in [4.78, 5) is 9.31. The van der Waals surface area contributed by atoms with E-state index in [2.05, 4.69) is 60.4 Å². The van der Waals surface area contributed by atoms with Crippen molar-refractivity contribution in [1.29, 1.82) is 0 Å². The average molecular weight is 365 g/mol. The van der Waals surface area contributed by atoms with Crippen LogP contribution < -0.4 is 5.32 Å². The number of anilines is 1. The second-order valence-electron chi connectivity index (χ2n) is 7.71. The number of nitrogens with zero attached hydrogens (tertiary/aromatic N) is 4. The first-order valence-corrected chi connectivity index (χ1v) is 9.04. The summed E-state index contributed by atoms with van der Waals surface area (Å²) in [6.45, 7) is 7.48. The van der Waals surface area contributed by atoms with Gasteiger partial charge in [0.25, 0.3) is 0 Å². The number of methoxy groups -OCH3 is 1. The lowest BCUT2D eigenvalue weighted by Gasteiger charge is -2.19. The van der Waals surface area contributed by atoms with Crippen molar-refractivity contribution in [1.82, 2.24) is 19.7 Å². The van der Waals surface area contributed by atoms with Gasteiger partial charge in [0, 0.05) is 43.9 Å². The predicted octanol–water partition coefficient (Wildman–Crippen LogP) is 3.93. The zero-order valence-electron chi connectivity index (χ0n) is 16.7. The van der Waals surface area contributed by atoms with E-state index >= 15 is 0 Å². The van der Waals surface area contributed by atoms with Gasteiger partial charge in [0.05, 0.1) is 18.5 Å². The van der Waals surface area contributed by atoms with Crippen molar-refractivity contribution in [2.75, 3.05) is 12.4 Å². The largest absolute Gasteiger partial charge is 0.378 e. The smallest absolute Gasteiger partial charge is 0.136 e. The molecule has 6 heteroatoms. The van der Waals surface area contributed by atoms with E-state index < -0.39 is 0 Å². The summed E-state index contributed by atoms with van der Waals surface area (Å²) >= 11 is 0. The fourth-order valence-electron chi connectivity index (χ4n) is 2.77. The van der Waals surface area contributed by atoms with E-state index in [0.29, 0.717) is 13.2 Å². The second kappa shape index (κ2) is 7.88. The van der Waals surface area contributed by atoms with Crippen molar-refractivity contribution < 1.29 is 4.74 Å². The number of aromatic nitrogens is 4. The van der Waals surface area contributed by atoms with E-state index in [1.807, 2.05) is 30.2 Å². The normalized spacial score (nSPS) is 11.6. The lowest BCUT2D eigenvalue weighted by molar-refractivity contribution is 0.181. The summed E-state index contributed by atoms with van der Waals surface area (Å²) in [5.41, 5.74) is 4.20. The third kappa shape index (κ3) is 4.92. The van der Waals surface area contributed by atoms with Gasteiger partial charge in [-0.25, -0.2) is 9.97 Å². The van der Waals surface area contributed by atoms with Crippen LogP contribution in [-0.4, -0.2) is 26.9 Å². The molecule has 1 aromatic carbocycles. The quantitative estimate of drug-likeness (QED) is 0.717. The average Bonchev–Trinajstić information content (AvgIpc) is 3.06. The zero-order chi connectivity index (χ0) is 19.4. The van der Waals surface area contributed by atoms with E-state index in [1.165, 1.54) is 5.56 Å². The molecule has 0 aliphatic carbocycles. The third-order valence-corrected chi connectivity index (χ3v) is 4.18. The first kappa shape index (κ1) is 19.0. The molecule has 6 nitrogen and oxygen atoms in total. The second-order valence-corrected chi connectivity index (χ2v) is 7.71. The van der Waals surface area contributed by atoms with Gasteiger partial charge in [0.2, 0.25) is 0 Å². The molecule has 1 N–H and O–H groups in total. The molecule has 0 fully saturated rings. The summed E-state index contributed by atoms with van der Waals surface area (Å²) in [7, 11) is 3.60. The van der Waals surface area contributed by atoms with Crippen molar-refractivity contribution in [2.24, 2.45) is 7.05 Å². The van der Waals surface area contributed by atoms with E-state index in [4.69, 9.17) is 9.72 Å². The molecule has 0 amide bonds. The number of ether oxygens (including phenoxy) is 1. The number of aryl methyl sites for hydroxylation is 1. The fourth-order valence-corrected chi connectivity index (χ4v) is 2.77. The molecular formula is C21H27N5O. The lowest BCUT2D eigenvalue weighted by Crippen LogP contribution is -2.18. The Balaban J connectivity index is 1.79. The number of benzene rings is 1. The Bertz CT molecular complexity index is 911. The van der Waals surface area contributed by atoms with Gasteiger partial charge in [-0.05, 0) is 17.2 Å². The van der Waals surface area contributed by atoms with Gasteiger partial charge in [-0.2, -0.15) is 5.10 Å².